The van der Waals surface area contributed by atoms with Gasteiger partial charge in [-0.3, -0.25) is 14.4 Å². The molecule has 1 heterocycles. The molecule has 158 valence electrons. The van der Waals surface area contributed by atoms with Gasteiger partial charge in [-0.2, -0.15) is 0 Å². The molecule has 1 aromatic carbocycles. The lowest BCUT2D eigenvalue weighted by Crippen LogP contribution is -2.50. The van der Waals surface area contributed by atoms with Gasteiger partial charge >= 0.3 is 0 Å². The normalized spacial score (nSPS) is 24.4. The van der Waals surface area contributed by atoms with Crippen molar-refractivity contribution < 1.29 is 14.4 Å². The van der Waals surface area contributed by atoms with E-state index in [1.165, 1.54) is 0 Å². The molecule has 1 atom stereocenters. The van der Waals surface area contributed by atoms with Crippen LogP contribution in [0.1, 0.15) is 69.2 Å². The second kappa shape index (κ2) is 9.90. The lowest BCUT2D eigenvalue weighted by atomic mass is 9.90. The van der Waals surface area contributed by atoms with Gasteiger partial charge < -0.3 is 15.5 Å². The molecule has 1 aliphatic carbocycles. The minimum atomic E-state index is -0.322. The van der Waals surface area contributed by atoms with E-state index in [1.54, 1.807) is 4.90 Å². The van der Waals surface area contributed by atoms with Gasteiger partial charge in [0.25, 0.3) is 5.91 Å². The Morgan fingerprint density at radius 1 is 0.966 bits per heavy atom. The van der Waals surface area contributed by atoms with Gasteiger partial charge in [0.15, 0.2) is 0 Å². The zero-order chi connectivity index (χ0) is 20.8. The summed E-state index contributed by atoms with van der Waals surface area (Å²) in [7, 11) is 0. The van der Waals surface area contributed by atoms with E-state index in [-0.39, 0.29) is 35.8 Å². The molecule has 2 N–H and O–H groups in total. The first-order chi connectivity index (χ1) is 13.9. The van der Waals surface area contributed by atoms with Crippen molar-refractivity contribution in [2.45, 2.75) is 76.9 Å². The predicted molar refractivity (Wildman–Crippen MR) is 112 cm³/mol. The Balaban J connectivity index is 1.44. The smallest absolute Gasteiger partial charge is 0.251 e. The Hall–Kier alpha value is -2.37. The van der Waals surface area contributed by atoms with E-state index >= 15 is 0 Å². The Morgan fingerprint density at radius 3 is 2.21 bits per heavy atom. The first kappa shape index (κ1) is 21.3. The SMILES string of the molecule is CC(C)CC(=O)N1CCC[C@H]1C(=O)NC1CCC(NC(=O)c2ccccc2)CC1. The summed E-state index contributed by atoms with van der Waals surface area (Å²) in [6, 6.07) is 9.19. The summed E-state index contributed by atoms with van der Waals surface area (Å²) < 4.78 is 0. The summed E-state index contributed by atoms with van der Waals surface area (Å²) in [5.74, 6) is 0.331. The maximum Gasteiger partial charge on any atom is 0.251 e. The van der Waals surface area contributed by atoms with Crippen molar-refractivity contribution in [2.75, 3.05) is 6.54 Å². The van der Waals surface area contributed by atoms with Crippen LogP contribution in [0.3, 0.4) is 0 Å². The summed E-state index contributed by atoms with van der Waals surface area (Å²) >= 11 is 0. The van der Waals surface area contributed by atoms with Crippen LogP contribution in [0.4, 0.5) is 0 Å². The summed E-state index contributed by atoms with van der Waals surface area (Å²) in [6.07, 6.45) is 5.53. The molecule has 1 aliphatic heterocycles. The van der Waals surface area contributed by atoms with Crippen molar-refractivity contribution in [2.24, 2.45) is 5.92 Å². The van der Waals surface area contributed by atoms with Crippen molar-refractivity contribution in [3.8, 4) is 0 Å². The lowest BCUT2D eigenvalue weighted by Gasteiger charge is -2.32. The second-order valence-electron chi connectivity index (χ2n) is 8.74. The van der Waals surface area contributed by atoms with E-state index in [4.69, 9.17) is 0 Å². The third kappa shape index (κ3) is 5.81. The third-order valence-electron chi connectivity index (χ3n) is 5.90. The minimum absolute atomic E-state index is 0.0172. The Kier molecular flexibility index (Phi) is 7.29. The maximum absolute atomic E-state index is 12.8. The molecule has 1 saturated carbocycles. The van der Waals surface area contributed by atoms with Crippen molar-refractivity contribution in [1.82, 2.24) is 15.5 Å². The first-order valence-corrected chi connectivity index (χ1v) is 10.9. The topological polar surface area (TPSA) is 78.5 Å². The average molecular weight is 400 g/mol. The van der Waals surface area contributed by atoms with Crippen molar-refractivity contribution >= 4 is 17.7 Å². The van der Waals surface area contributed by atoms with Gasteiger partial charge in [0.05, 0.1) is 0 Å². The zero-order valence-electron chi connectivity index (χ0n) is 17.5. The van der Waals surface area contributed by atoms with Crippen LogP contribution in [-0.2, 0) is 9.59 Å². The van der Waals surface area contributed by atoms with Gasteiger partial charge in [0, 0.05) is 30.6 Å². The summed E-state index contributed by atoms with van der Waals surface area (Å²) in [4.78, 5) is 39.3. The molecule has 0 radical (unpaired) electrons. The molecule has 2 aliphatic rings. The molecule has 29 heavy (non-hydrogen) atoms. The Labute approximate surface area is 173 Å². The fraction of sp³-hybridized carbons (Fsp3) is 0.609. The molecule has 6 nitrogen and oxygen atoms in total. The van der Waals surface area contributed by atoms with Crippen LogP contribution < -0.4 is 10.6 Å². The summed E-state index contributed by atoms with van der Waals surface area (Å²) in [6.45, 7) is 4.73. The van der Waals surface area contributed by atoms with E-state index in [0.717, 1.165) is 38.5 Å². The number of hydrogen-bond donors (Lipinski definition) is 2. The number of carbonyl (C=O) groups excluding carboxylic acids is 3. The monoisotopic (exact) mass is 399 g/mol. The number of rotatable bonds is 6. The quantitative estimate of drug-likeness (QED) is 0.772. The van der Waals surface area contributed by atoms with E-state index < -0.39 is 0 Å². The average Bonchev–Trinajstić information content (AvgIpc) is 3.20. The highest BCUT2D eigenvalue weighted by Gasteiger charge is 2.35. The zero-order valence-corrected chi connectivity index (χ0v) is 17.5. The van der Waals surface area contributed by atoms with Gasteiger partial charge in [-0.25, -0.2) is 0 Å². The third-order valence-corrected chi connectivity index (χ3v) is 5.90. The maximum atomic E-state index is 12.8. The number of amides is 3. The number of carbonyl (C=O) groups is 3. The molecule has 3 rings (SSSR count). The molecule has 0 spiro atoms. The largest absolute Gasteiger partial charge is 0.352 e. The molecule has 1 aromatic rings. The fourth-order valence-electron chi connectivity index (χ4n) is 4.34. The highest BCUT2D eigenvalue weighted by atomic mass is 16.2. The predicted octanol–water partition coefficient (Wildman–Crippen LogP) is 2.88. The van der Waals surface area contributed by atoms with Crippen LogP contribution in [0, 0.1) is 5.92 Å². The fourth-order valence-corrected chi connectivity index (χ4v) is 4.34. The highest BCUT2D eigenvalue weighted by Crippen LogP contribution is 2.23. The number of benzene rings is 1. The Bertz CT molecular complexity index is 711. The van der Waals surface area contributed by atoms with Gasteiger partial charge in [0.2, 0.25) is 11.8 Å². The van der Waals surface area contributed by atoms with Crippen molar-refractivity contribution in [3.05, 3.63) is 35.9 Å². The van der Waals surface area contributed by atoms with Crippen LogP contribution in [0.2, 0.25) is 0 Å². The highest BCUT2D eigenvalue weighted by molar-refractivity contribution is 5.94. The van der Waals surface area contributed by atoms with Gasteiger partial charge in [-0.05, 0) is 56.6 Å². The molecule has 6 heteroatoms. The summed E-state index contributed by atoms with van der Waals surface area (Å²) in [5.41, 5.74) is 0.676. The molecule has 3 amide bonds. The molecular weight excluding hydrogens is 366 g/mol. The minimum Gasteiger partial charge on any atom is -0.352 e. The molecule has 1 saturated heterocycles. The molecule has 0 bridgehead atoms. The van der Waals surface area contributed by atoms with Crippen LogP contribution in [0.5, 0.6) is 0 Å². The molecule has 0 unspecified atom stereocenters. The second-order valence-corrected chi connectivity index (χ2v) is 8.74. The van der Waals surface area contributed by atoms with Crippen molar-refractivity contribution in [1.29, 1.82) is 0 Å². The number of nitrogens with zero attached hydrogens (tertiary/aromatic N) is 1. The number of nitrogens with one attached hydrogen (secondary N) is 2. The lowest BCUT2D eigenvalue weighted by molar-refractivity contribution is -0.139. The van der Waals surface area contributed by atoms with Crippen LogP contribution in [0.25, 0.3) is 0 Å². The number of likely N-dealkylation sites (tertiary alicyclic amines) is 1. The number of hydrogen-bond acceptors (Lipinski definition) is 3. The van der Waals surface area contributed by atoms with E-state index in [0.29, 0.717) is 24.4 Å². The van der Waals surface area contributed by atoms with Gasteiger partial charge in [-0.15, -0.1) is 0 Å². The molecule has 2 fully saturated rings. The van der Waals surface area contributed by atoms with E-state index in [1.807, 2.05) is 44.2 Å². The Morgan fingerprint density at radius 2 is 1.59 bits per heavy atom. The van der Waals surface area contributed by atoms with Crippen LogP contribution >= 0.6 is 0 Å². The summed E-state index contributed by atoms with van der Waals surface area (Å²) in [5, 5.41) is 6.26. The van der Waals surface area contributed by atoms with Crippen molar-refractivity contribution in [3.63, 3.8) is 0 Å². The van der Waals surface area contributed by atoms with Gasteiger partial charge in [0.1, 0.15) is 6.04 Å². The standard InChI is InChI=1S/C23H33N3O3/c1-16(2)15-21(27)26-14-6-9-20(26)23(29)25-19-12-10-18(11-13-19)24-22(28)17-7-4-3-5-8-17/h3-5,7-8,16,18-20H,6,9-15H2,1-2H3,(H,24,28)(H,25,29)/t18?,19?,20-/m0/s1. The van der Waals surface area contributed by atoms with E-state index in [2.05, 4.69) is 10.6 Å². The van der Waals surface area contributed by atoms with Gasteiger partial charge in [-0.1, -0.05) is 32.0 Å². The van der Waals surface area contributed by atoms with Crippen LogP contribution in [0.15, 0.2) is 30.3 Å². The van der Waals surface area contributed by atoms with E-state index in [9.17, 15) is 14.4 Å². The molecular formula is C23H33N3O3. The molecule has 0 aromatic heterocycles. The van der Waals surface area contributed by atoms with Crippen LogP contribution in [-0.4, -0.2) is 47.3 Å². The first-order valence-electron chi connectivity index (χ1n) is 10.9.